The molecule has 1 aliphatic heterocycles. The zero-order valence-electron chi connectivity index (χ0n) is 11.3. The summed E-state index contributed by atoms with van der Waals surface area (Å²) in [5.41, 5.74) is 6.08. The van der Waals surface area contributed by atoms with Gasteiger partial charge in [0.15, 0.2) is 11.6 Å². The van der Waals surface area contributed by atoms with Crippen LogP contribution in [0.3, 0.4) is 0 Å². The van der Waals surface area contributed by atoms with Crippen LogP contribution >= 0.6 is 0 Å². The Morgan fingerprint density at radius 1 is 1.47 bits per heavy atom. The van der Waals surface area contributed by atoms with Crippen molar-refractivity contribution in [3.8, 4) is 0 Å². The van der Waals surface area contributed by atoms with Crippen LogP contribution in [0.1, 0.15) is 24.9 Å². The Hall–Kier alpha value is -1.04. The second kappa shape index (κ2) is 5.94. The second-order valence-electron chi connectivity index (χ2n) is 4.99. The Labute approximate surface area is 112 Å². The van der Waals surface area contributed by atoms with E-state index < -0.39 is 11.6 Å². The third-order valence-electron chi connectivity index (χ3n) is 3.91. The molecule has 1 fully saturated rings. The number of rotatable bonds is 4. The maximum Gasteiger partial charge on any atom is 0.163 e. The Morgan fingerprint density at radius 3 is 2.79 bits per heavy atom. The quantitative estimate of drug-likeness (QED) is 0.910. The van der Waals surface area contributed by atoms with E-state index in [4.69, 9.17) is 10.5 Å². The summed E-state index contributed by atoms with van der Waals surface area (Å²) in [6.45, 7) is 2.92. The lowest BCUT2D eigenvalue weighted by atomic mass is 10.0. The highest BCUT2D eigenvalue weighted by molar-refractivity contribution is 5.23. The fourth-order valence-electron chi connectivity index (χ4n) is 2.78. The van der Waals surface area contributed by atoms with Gasteiger partial charge >= 0.3 is 0 Å². The largest absolute Gasteiger partial charge is 0.377 e. The number of halogens is 2. The summed E-state index contributed by atoms with van der Waals surface area (Å²) in [5.74, 6) is -1.64. The van der Waals surface area contributed by atoms with E-state index in [1.165, 1.54) is 6.07 Å². The lowest BCUT2D eigenvalue weighted by molar-refractivity contribution is 0.0678. The van der Waals surface area contributed by atoms with E-state index in [0.29, 0.717) is 12.2 Å². The molecule has 3 unspecified atom stereocenters. The van der Waals surface area contributed by atoms with Crippen LogP contribution in [0.4, 0.5) is 8.78 Å². The minimum absolute atomic E-state index is 0.0793. The molecular formula is C14H20F2N2O. The first-order chi connectivity index (χ1) is 9.06. The summed E-state index contributed by atoms with van der Waals surface area (Å²) in [5, 5.41) is 0. The number of hydrogen-bond donors (Lipinski definition) is 1. The standard InChI is InChI=1S/C14H20F2N2O/c1-9-12(6-7-19-9)18(2)13(8-17)10-4-3-5-11(15)14(10)16/h3-5,9,12-13H,6-8,17H2,1-2H3. The maximum atomic E-state index is 13.9. The monoisotopic (exact) mass is 270 g/mol. The number of ether oxygens (including phenoxy) is 1. The van der Waals surface area contributed by atoms with Crippen molar-refractivity contribution in [2.75, 3.05) is 20.2 Å². The molecule has 19 heavy (non-hydrogen) atoms. The first-order valence-corrected chi connectivity index (χ1v) is 6.53. The molecule has 5 heteroatoms. The van der Waals surface area contributed by atoms with Crippen LogP contribution in [0.2, 0.25) is 0 Å². The molecule has 106 valence electrons. The van der Waals surface area contributed by atoms with Gasteiger partial charge in [-0.2, -0.15) is 0 Å². The van der Waals surface area contributed by atoms with Gasteiger partial charge in [0, 0.05) is 24.8 Å². The fraction of sp³-hybridized carbons (Fsp3) is 0.571. The van der Waals surface area contributed by atoms with Crippen LogP contribution in [0.25, 0.3) is 0 Å². The summed E-state index contributed by atoms with van der Waals surface area (Å²) < 4.78 is 32.7. The van der Waals surface area contributed by atoms with Crippen LogP contribution < -0.4 is 5.73 Å². The maximum absolute atomic E-state index is 13.9. The minimum atomic E-state index is -0.833. The number of nitrogens with two attached hydrogens (primary N) is 1. The summed E-state index contributed by atoms with van der Waals surface area (Å²) in [7, 11) is 1.89. The lowest BCUT2D eigenvalue weighted by Crippen LogP contribution is -2.42. The summed E-state index contributed by atoms with van der Waals surface area (Å²) >= 11 is 0. The molecule has 0 aromatic heterocycles. The number of benzene rings is 1. The van der Waals surface area contributed by atoms with Gasteiger partial charge in [-0.05, 0) is 26.5 Å². The molecule has 1 aromatic rings. The normalized spacial score (nSPS) is 24.9. The van der Waals surface area contributed by atoms with Crippen molar-refractivity contribution in [3.05, 3.63) is 35.4 Å². The lowest BCUT2D eigenvalue weighted by Gasteiger charge is -2.34. The SMILES string of the molecule is CC1OCCC1N(C)C(CN)c1cccc(F)c1F. The molecule has 0 saturated carbocycles. The van der Waals surface area contributed by atoms with Crippen molar-refractivity contribution in [2.24, 2.45) is 5.73 Å². The summed E-state index contributed by atoms with van der Waals surface area (Å²) in [4.78, 5) is 2.00. The van der Waals surface area contributed by atoms with Gasteiger partial charge in [-0.1, -0.05) is 12.1 Å². The average molecular weight is 270 g/mol. The zero-order valence-corrected chi connectivity index (χ0v) is 11.3. The van der Waals surface area contributed by atoms with Crippen LogP contribution in [0.5, 0.6) is 0 Å². The average Bonchev–Trinajstić information content (AvgIpc) is 2.81. The van der Waals surface area contributed by atoms with E-state index >= 15 is 0 Å². The first-order valence-electron chi connectivity index (χ1n) is 6.53. The molecule has 1 heterocycles. The molecule has 0 amide bonds. The van der Waals surface area contributed by atoms with E-state index in [2.05, 4.69) is 0 Å². The number of likely N-dealkylation sites (N-methyl/N-ethyl adjacent to an activating group) is 1. The molecule has 0 radical (unpaired) electrons. The van der Waals surface area contributed by atoms with Gasteiger partial charge in [-0.25, -0.2) is 8.78 Å². The van der Waals surface area contributed by atoms with Gasteiger partial charge < -0.3 is 10.5 Å². The third kappa shape index (κ3) is 2.78. The minimum Gasteiger partial charge on any atom is -0.377 e. The highest BCUT2D eigenvalue weighted by Gasteiger charge is 2.33. The Kier molecular flexibility index (Phi) is 4.50. The zero-order chi connectivity index (χ0) is 14.0. The molecule has 0 bridgehead atoms. The molecule has 1 aliphatic rings. The molecule has 1 saturated heterocycles. The van der Waals surface area contributed by atoms with Crippen LogP contribution in [-0.4, -0.2) is 37.2 Å². The predicted molar refractivity (Wildman–Crippen MR) is 69.7 cm³/mol. The number of nitrogens with zero attached hydrogens (tertiary/aromatic N) is 1. The van der Waals surface area contributed by atoms with Gasteiger partial charge in [-0.3, -0.25) is 4.90 Å². The van der Waals surface area contributed by atoms with Crippen molar-refractivity contribution >= 4 is 0 Å². The van der Waals surface area contributed by atoms with Gasteiger partial charge in [0.25, 0.3) is 0 Å². The first kappa shape index (κ1) is 14.4. The third-order valence-corrected chi connectivity index (χ3v) is 3.91. The second-order valence-corrected chi connectivity index (χ2v) is 4.99. The molecule has 2 rings (SSSR count). The van der Waals surface area contributed by atoms with Crippen LogP contribution in [0.15, 0.2) is 18.2 Å². The van der Waals surface area contributed by atoms with E-state index in [-0.39, 0.29) is 24.7 Å². The Morgan fingerprint density at radius 2 is 2.21 bits per heavy atom. The summed E-state index contributed by atoms with van der Waals surface area (Å²) in [6.07, 6.45) is 0.959. The van der Waals surface area contributed by atoms with Gasteiger partial charge in [0.05, 0.1) is 12.1 Å². The summed E-state index contributed by atoms with van der Waals surface area (Å²) in [6, 6.07) is 4.06. The molecule has 3 nitrogen and oxygen atoms in total. The molecule has 1 aromatic carbocycles. The topological polar surface area (TPSA) is 38.5 Å². The van der Waals surface area contributed by atoms with Gasteiger partial charge in [0.1, 0.15) is 0 Å². The predicted octanol–water partition coefficient (Wildman–Crippen LogP) is 2.07. The van der Waals surface area contributed by atoms with E-state index in [1.807, 2.05) is 18.9 Å². The van der Waals surface area contributed by atoms with E-state index in [0.717, 1.165) is 12.5 Å². The Balaban J connectivity index is 2.26. The van der Waals surface area contributed by atoms with Crippen molar-refractivity contribution < 1.29 is 13.5 Å². The van der Waals surface area contributed by atoms with Crippen LogP contribution in [0, 0.1) is 11.6 Å². The van der Waals surface area contributed by atoms with Gasteiger partial charge in [-0.15, -0.1) is 0 Å². The number of hydrogen-bond acceptors (Lipinski definition) is 3. The highest BCUT2D eigenvalue weighted by atomic mass is 19.2. The molecule has 0 aliphatic carbocycles. The van der Waals surface area contributed by atoms with Gasteiger partial charge in [0.2, 0.25) is 0 Å². The molecule has 3 atom stereocenters. The molecule has 2 N–H and O–H groups in total. The van der Waals surface area contributed by atoms with E-state index in [9.17, 15) is 8.78 Å². The van der Waals surface area contributed by atoms with Crippen molar-refractivity contribution in [3.63, 3.8) is 0 Å². The van der Waals surface area contributed by atoms with Crippen LogP contribution in [-0.2, 0) is 4.74 Å². The van der Waals surface area contributed by atoms with E-state index in [1.54, 1.807) is 6.07 Å². The van der Waals surface area contributed by atoms with Crippen molar-refractivity contribution in [1.29, 1.82) is 0 Å². The molecular weight excluding hydrogens is 250 g/mol. The fourth-order valence-corrected chi connectivity index (χ4v) is 2.78. The highest BCUT2D eigenvalue weighted by Crippen LogP contribution is 2.29. The Bertz CT molecular complexity index is 441. The molecule has 0 spiro atoms. The van der Waals surface area contributed by atoms with Crippen molar-refractivity contribution in [1.82, 2.24) is 4.90 Å². The smallest absolute Gasteiger partial charge is 0.163 e. The van der Waals surface area contributed by atoms with Crippen molar-refractivity contribution in [2.45, 2.75) is 31.5 Å².